The molecule has 4 heteroatoms. The molecule has 76 valence electrons. The van der Waals surface area contributed by atoms with Crippen molar-refractivity contribution in [1.29, 1.82) is 0 Å². The molecule has 0 fully saturated rings. The second kappa shape index (κ2) is 3.57. The summed E-state index contributed by atoms with van der Waals surface area (Å²) in [7, 11) is 0. The minimum Gasteiger partial charge on any atom is -0.368 e. The Balaban J connectivity index is 2.20. The van der Waals surface area contributed by atoms with Crippen LogP contribution in [0.4, 0.5) is 0 Å². The molecule has 0 bridgehead atoms. The lowest BCUT2D eigenvalue weighted by Gasteiger charge is -2.15. The van der Waals surface area contributed by atoms with Gasteiger partial charge in [0.15, 0.2) is 5.75 Å². The first kappa shape index (κ1) is 9.45. The van der Waals surface area contributed by atoms with Gasteiger partial charge in [0.25, 0.3) is 11.8 Å². The zero-order chi connectivity index (χ0) is 10.8. The summed E-state index contributed by atoms with van der Waals surface area (Å²) < 4.78 is 0. The fourth-order valence-corrected chi connectivity index (χ4v) is 1.23. The van der Waals surface area contributed by atoms with Crippen LogP contribution in [-0.4, -0.2) is 16.9 Å². The SMILES string of the molecule is Cc1ccccc1ON1C(=O)C=CC1=O. The highest BCUT2D eigenvalue weighted by atomic mass is 16.7. The number of imide groups is 1. The van der Waals surface area contributed by atoms with E-state index in [4.69, 9.17) is 4.84 Å². The Morgan fingerprint density at radius 2 is 1.67 bits per heavy atom. The van der Waals surface area contributed by atoms with Crippen LogP contribution in [-0.2, 0) is 9.59 Å². The van der Waals surface area contributed by atoms with E-state index in [0.29, 0.717) is 5.75 Å². The number of hydroxylamine groups is 2. The van der Waals surface area contributed by atoms with Gasteiger partial charge in [-0.05, 0) is 18.6 Å². The van der Waals surface area contributed by atoms with Gasteiger partial charge >= 0.3 is 0 Å². The largest absolute Gasteiger partial charge is 0.368 e. The van der Waals surface area contributed by atoms with Gasteiger partial charge in [-0.2, -0.15) is 0 Å². The van der Waals surface area contributed by atoms with Gasteiger partial charge in [-0.1, -0.05) is 23.3 Å². The second-order valence-electron chi connectivity index (χ2n) is 3.16. The van der Waals surface area contributed by atoms with Gasteiger partial charge in [0.05, 0.1) is 0 Å². The molecule has 1 heterocycles. The van der Waals surface area contributed by atoms with Crippen molar-refractivity contribution in [2.24, 2.45) is 0 Å². The number of nitrogens with zero attached hydrogens (tertiary/aromatic N) is 1. The van der Waals surface area contributed by atoms with Crippen LogP contribution in [0.15, 0.2) is 36.4 Å². The highest BCUT2D eigenvalue weighted by Gasteiger charge is 2.26. The van der Waals surface area contributed by atoms with Gasteiger partial charge in [0, 0.05) is 12.2 Å². The molecule has 1 aliphatic rings. The van der Waals surface area contributed by atoms with Crippen LogP contribution in [0.1, 0.15) is 5.56 Å². The average molecular weight is 203 g/mol. The van der Waals surface area contributed by atoms with Gasteiger partial charge in [0.2, 0.25) is 0 Å². The number of carbonyl (C=O) groups is 2. The molecular formula is C11H9NO3. The third-order valence-electron chi connectivity index (χ3n) is 2.05. The van der Waals surface area contributed by atoms with E-state index in [2.05, 4.69) is 0 Å². The van der Waals surface area contributed by atoms with Crippen LogP contribution in [0.3, 0.4) is 0 Å². The summed E-state index contributed by atoms with van der Waals surface area (Å²) in [5.74, 6) is -0.408. The zero-order valence-electron chi connectivity index (χ0n) is 8.14. The molecule has 0 spiro atoms. The number of hydrogen-bond acceptors (Lipinski definition) is 3. The summed E-state index contributed by atoms with van der Waals surface area (Å²) in [4.78, 5) is 27.6. The minimum absolute atomic E-state index is 0.455. The van der Waals surface area contributed by atoms with Crippen molar-refractivity contribution in [2.75, 3.05) is 0 Å². The molecule has 15 heavy (non-hydrogen) atoms. The Kier molecular flexibility index (Phi) is 2.25. The van der Waals surface area contributed by atoms with E-state index in [0.717, 1.165) is 10.6 Å². The van der Waals surface area contributed by atoms with E-state index < -0.39 is 11.8 Å². The zero-order valence-corrected chi connectivity index (χ0v) is 8.14. The first-order chi connectivity index (χ1) is 7.18. The summed E-state index contributed by atoms with van der Waals surface area (Å²) in [5, 5.41) is 0.738. The quantitative estimate of drug-likeness (QED) is 0.679. The second-order valence-corrected chi connectivity index (χ2v) is 3.16. The number of carbonyl (C=O) groups excluding carboxylic acids is 2. The van der Waals surface area contributed by atoms with E-state index in [1.165, 1.54) is 12.2 Å². The summed E-state index contributed by atoms with van der Waals surface area (Å²) in [6.07, 6.45) is 2.36. The lowest BCUT2D eigenvalue weighted by atomic mass is 10.2. The molecule has 0 N–H and O–H groups in total. The first-order valence-electron chi connectivity index (χ1n) is 4.48. The molecule has 4 nitrogen and oxygen atoms in total. The summed E-state index contributed by atoms with van der Waals surface area (Å²) in [6.45, 7) is 1.84. The van der Waals surface area contributed by atoms with E-state index in [-0.39, 0.29) is 0 Å². The lowest BCUT2D eigenvalue weighted by Crippen LogP contribution is -2.33. The van der Waals surface area contributed by atoms with Crippen molar-refractivity contribution in [3.8, 4) is 5.75 Å². The van der Waals surface area contributed by atoms with Crippen LogP contribution < -0.4 is 4.84 Å². The number of hydrogen-bond donors (Lipinski definition) is 0. The number of benzene rings is 1. The van der Waals surface area contributed by atoms with Crippen molar-refractivity contribution in [3.05, 3.63) is 42.0 Å². The van der Waals surface area contributed by atoms with Gasteiger partial charge in [-0.15, -0.1) is 0 Å². The Labute approximate surface area is 86.7 Å². The van der Waals surface area contributed by atoms with Crippen LogP contribution in [0.5, 0.6) is 5.75 Å². The predicted molar refractivity (Wildman–Crippen MR) is 52.8 cm³/mol. The summed E-state index contributed by atoms with van der Waals surface area (Å²) in [5.41, 5.74) is 0.866. The Morgan fingerprint density at radius 1 is 1.07 bits per heavy atom. The maximum absolute atomic E-state index is 11.2. The average Bonchev–Trinajstić information content (AvgIpc) is 2.53. The Morgan fingerprint density at radius 3 is 2.27 bits per heavy atom. The molecule has 0 aliphatic carbocycles. The fourth-order valence-electron chi connectivity index (χ4n) is 1.23. The molecule has 0 unspecified atom stereocenters. The van der Waals surface area contributed by atoms with E-state index in [9.17, 15) is 9.59 Å². The maximum Gasteiger partial charge on any atom is 0.287 e. The topological polar surface area (TPSA) is 46.6 Å². The molecule has 0 radical (unpaired) electrons. The minimum atomic E-state index is -0.455. The molecule has 2 rings (SSSR count). The number of aryl methyl sites for hydroxylation is 1. The Bertz CT molecular complexity index is 433. The molecule has 0 atom stereocenters. The summed E-state index contributed by atoms with van der Waals surface area (Å²) in [6, 6.07) is 7.18. The molecule has 1 aromatic rings. The first-order valence-corrected chi connectivity index (χ1v) is 4.48. The molecular weight excluding hydrogens is 194 g/mol. The predicted octanol–water partition coefficient (Wildman–Crippen LogP) is 1.21. The molecule has 0 saturated carbocycles. The van der Waals surface area contributed by atoms with Gasteiger partial charge in [-0.25, -0.2) is 0 Å². The number of amides is 2. The molecule has 0 saturated heterocycles. The third-order valence-corrected chi connectivity index (χ3v) is 2.05. The van der Waals surface area contributed by atoms with Crippen molar-refractivity contribution in [2.45, 2.75) is 6.92 Å². The monoisotopic (exact) mass is 203 g/mol. The van der Waals surface area contributed by atoms with Gasteiger partial charge in [-0.3, -0.25) is 9.59 Å². The standard InChI is InChI=1S/C11H9NO3/c1-8-4-2-3-5-9(8)15-12-10(13)6-7-11(12)14/h2-7H,1H3. The lowest BCUT2D eigenvalue weighted by molar-refractivity contribution is -0.162. The van der Waals surface area contributed by atoms with Crippen LogP contribution >= 0.6 is 0 Å². The maximum atomic E-state index is 11.2. The van der Waals surface area contributed by atoms with Gasteiger partial charge in [0.1, 0.15) is 0 Å². The Hall–Kier alpha value is -2.10. The van der Waals surface area contributed by atoms with Crippen molar-refractivity contribution < 1.29 is 14.4 Å². The van der Waals surface area contributed by atoms with Crippen molar-refractivity contribution in [1.82, 2.24) is 5.06 Å². The normalized spacial score (nSPS) is 14.9. The molecule has 1 aromatic carbocycles. The smallest absolute Gasteiger partial charge is 0.287 e. The molecule has 1 aliphatic heterocycles. The van der Waals surface area contributed by atoms with Gasteiger partial charge < -0.3 is 4.84 Å². The number of para-hydroxylation sites is 1. The molecule has 0 aromatic heterocycles. The van der Waals surface area contributed by atoms with E-state index in [1.54, 1.807) is 12.1 Å². The van der Waals surface area contributed by atoms with Crippen LogP contribution in [0.2, 0.25) is 0 Å². The van der Waals surface area contributed by atoms with Crippen molar-refractivity contribution >= 4 is 11.8 Å². The summed E-state index contributed by atoms with van der Waals surface area (Å²) >= 11 is 0. The van der Waals surface area contributed by atoms with E-state index in [1.807, 2.05) is 19.1 Å². The third kappa shape index (κ3) is 1.74. The van der Waals surface area contributed by atoms with Crippen LogP contribution in [0.25, 0.3) is 0 Å². The van der Waals surface area contributed by atoms with E-state index >= 15 is 0 Å². The number of rotatable bonds is 2. The fraction of sp³-hybridized carbons (Fsp3) is 0.0909. The van der Waals surface area contributed by atoms with Crippen LogP contribution in [0, 0.1) is 6.92 Å². The highest BCUT2D eigenvalue weighted by Crippen LogP contribution is 2.19. The van der Waals surface area contributed by atoms with Crippen molar-refractivity contribution in [3.63, 3.8) is 0 Å². The molecule has 2 amide bonds. The highest BCUT2D eigenvalue weighted by molar-refractivity contribution is 6.12.